The zero-order valence-corrected chi connectivity index (χ0v) is 8.32. The first-order valence-electron chi connectivity index (χ1n) is 3.84. The molecule has 0 spiro atoms. The van der Waals surface area contributed by atoms with Gasteiger partial charge in [0, 0.05) is 4.47 Å². The molecule has 1 rings (SSSR count). The van der Waals surface area contributed by atoms with Crippen molar-refractivity contribution >= 4 is 15.9 Å². The van der Waals surface area contributed by atoms with E-state index in [1.165, 1.54) is 12.0 Å². The van der Waals surface area contributed by atoms with Crippen molar-refractivity contribution in [2.24, 2.45) is 0 Å². The van der Waals surface area contributed by atoms with E-state index >= 15 is 0 Å². The predicted molar refractivity (Wildman–Crippen MR) is 52.6 cm³/mol. The fourth-order valence-corrected chi connectivity index (χ4v) is 1.74. The van der Waals surface area contributed by atoms with E-state index in [0.29, 0.717) is 0 Å². The molecule has 0 aliphatic carbocycles. The van der Waals surface area contributed by atoms with Crippen LogP contribution in [0.15, 0.2) is 22.7 Å². The summed E-state index contributed by atoms with van der Waals surface area (Å²) in [6.07, 6.45) is 2.33. The highest BCUT2D eigenvalue weighted by Gasteiger charge is 1.94. The molecular weight excluding hydrogens is 200 g/mol. The van der Waals surface area contributed by atoms with Gasteiger partial charge in [-0.15, -0.1) is 0 Å². The van der Waals surface area contributed by atoms with Crippen LogP contribution in [0.5, 0.6) is 0 Å². The van der Waals surface area contributed by atoms with E-state index in [0.717, 1.165) is 16.5 Å². The number of hydrogen-bond acceptors (Lipinski definition) is 0. The lowest BCUT2D eigenvalue weighted by Crippen LogP contribution is -1.84. The molecule has 0 bridgehead atoms. The minimum Gasteiger partial charge on any atom is -0.0651 e. The van der Waals surface area contributed by atoms with E-state index in [4.69, 9.17) is 0 Å². The van der Waals surface area contributed by atoms with Crippen molar-refractivity contribution < 1.29 is 0 Å². The minimum absolute atomic E-state index is 1.09. The third-order valence-corrected chi connectivity index (χ3v) is 2.01. The SMILES string of the molecule is [CH2]c1cc(Br)cc(CCC)c1. The highest BCUT2D eigenvalue weighted by Crippen LogP contribution is 2.16. The average molecular weight is 212 g/mol. The molecular formula is C10H12Br. The van der Waals surface area contributed by atoms with Crippen molar-refractivity contribution in [3.05, 3.63) is 40.7 Å². The fraction of sp³-hybridized carbons (Fsp3) is 0.300. The second-order valence-electron chi connectivity index (χ2n) is 2.72. The molecule has 1 aromatic rings. The summed E-state index contributed by atoms with van der Waals surface area (Å²) in [5.41, 5.74) is 2.45. The molecule has 0 nitrogen and oxygen atoms in total. The van der Waals surface area contributed by atoms with Crippen molar-refractivity contribution in [2.45, 2.75) is 19.8 Å². The summed E-state index contributed by atoms with van der Waals surface area (Å²) < 4.78 is 1.13. The number of halogens is 1. The smallest absolute Gasteiger partial charge is 0.0180 e. The molecule has 59 valence electrons. The van der Waals surface area contributed by atoms with Crippen LogP contribution in [0.2, 0.25) is 0 Å². The number of hydrogen-bond donors (Lipinski definition) is 0. The van der Waals surface area contributed by atoms with Crippen LogP contribution in [0.25, 0.3) is 0 Å². The number of rotatable bonds is 2. The van der Waals surface area contributed by atoms with E-state index in [1.807, 2.05) is 6.07 Å². The van der Waals surface area contributed by atoms with Gasteiger partial charge in [-0.25, -0.2) is 0 Å². The van der Waals surface area contributed by atoms with Gasteiger partial charge in [0.1, 0.15) is 0 Å². The van der Waals surface area contributed by atoms with Gasteiger partial charge in [-0.3, -0.25) is 0 Å². The van der Waals surface area contributed by atoms with Gasteiger partial charge < -0.3 is 0 Å². The van der Waals surface area contributed by atoms with Crippen LogP contribution in [-0.2, 0) is 6.42 Å². The van der Waals surface area contributed by atoms with Gasteiger partial charge in [0.25, 0.3) is 0 Å². The predicted octanol–water partition coefficient (Wildman–Crippen LogP) is 3.58. The van der Waals surface area contributed by atoms with E-state index in [9.17, 15) is 0 Å². The topological polar surface area (TPSA) is 0 Å². The molecule has 0 aromatic heterocycles. The molecule has 0 unspecified atom stereocenters. The minimum atomic E-state index is 1.09. The lowest BCUT2D eigenvalue weighted by atomic mass is 10.1. The van der Waals surface area contributed by atoms with E-state index in [1.54, 1.807) is 0 Å². The molecule has 0 heterocycles. The van der Waals surface area contributed by atoms with Gasteiger partial charge in [-0.1, -0.05) is 35.3 Å². The summed E-state index contributed by atoms with van der Waals surface area (Å²) in [5, 5.41) is 0. The second-order valence-corrected chi connectivity index (χ2v) is 3.63. The molecule has 0 amide bonds. The van der Waals surface area contributed by atoms with Gasteiger partial charge in [0.05, 0.1) is 0 Å². The van der Waals surface area contributed by atoms with Crippen LogP contribution in [0.4, 0.5) is 0 Å². The van der Waals surface area contributed by atoms with Crippen molar-refractivity contribution in [2.75, 3.05) is 0 Å². The third-order valence-electron chi connectivity index (χ3n) is 1.56. The van der Waals surface area contributed by atoms with Crippen molar-refractivity contribution in [3.8, 4) is 0 Å². The summed E-state index contributed by atoms with van der Waals surface area (Å²) in [7, 11) is 0. The van der Waals surface area contributed by atoms with Crippen molar-refractivity contribution in [1.82, 2.24) is 0 Å². The summed E-state index contributed by atoms with van der Waals surface area (Å²) >= 11 is 3.44. The highest BCUT2D eigenvalue weighted by atomic mass is 79.9. The summed E-state index contributed by atoms with van der Waals surface area (Å²) in [6.45, 7) is 6.08. The molecule has 0 aliphatic rings. The quantitative estimate of drug-likeness (QED) is 0.702. The highest BCUT2D eigenvalue weighted by molar-refractivity contribution is 9.10. The average Bonchev–Trinajstić information content (AvgIpc) is 1.85. The summed E-state index contributed by atoms with van der Waals surface area (Å²) in [5.74, 6) is 0. The molecule has 11 heavy (non-hydrogen) atoms. The second kappa shape index (κ2) is 3.91. The van der Waals surface area contributed by atoms with E-state index < -0.39 is 0 Å². The maximum Gasteiger partial charge on any atom is 0.0180 e. The molecule has 0 aliphatic heterocycles. The monoisotopic (exact) mass is 211 g/mol. The number of aryl methyl sites for hydroxylation is 1. The van der Waals surface area contributed by atoms with Gasteiger partial charge in [0.15, 0.2) is 0 Å². The van der Waals surface area contributed by atoms with Crippen LogP contribution in [0, 0.1) is 6.92 Å². The Kier molecular flexibility index (Phi) is 3.13. The Balaban J connectivity index is 2.89. The molecule has 0 saturated carbocycles. The molecule has 1 heteroatoms. The summed E-state index contributed by atoms with van der Waals surface area (Å²) in [4.78, 5) is 0. The van der Waals surface area contributed by atoms with Gasteiger partial charge >= 0.3 is 0 Å². The molecule has 0 atom stereocenters. The normalized spacial score (nSPS) is 10.1. The van der Waals surface area contributed by atoms with Gasteiger partial charge in [0.2, 0.25) is 0 Å². The Labute approximate surface area is 76.8 Å². The zero-order valence-electron chi connectivity index (χ0n) is 6.73. The lowest BCUT2D eigenvalue weighted by Gasteiger charge is -2.01. The Morgan fingerprint density at radius 1 is 1.36 bits per heavy atom. The van der Waals surface area contributed by atoms with Gasteiger partial charge in [-0.05, 0) is 36.6 Å². The Morgan fingerprint density at radius 3 is 2.64 bits per heavy atom. The Bertz CT molecular complexity index is 220. The largest absolute Gasteiger partial charge is 0.0651 e. The van der Waals surface area contributed by atoms with Crippen LogP contribution in [-0.4, -0.2) is 0 Å². The van der Waals surface area contributed by atoms with Crippen molar-refractivity contribution in [3.63, 3.8) is 0 Å². The zero-order chi connectivity index (χ0) is 8.27. The van der Waals surface area contributed by atoms with E-state index in [-0.39, 0.29) is 0 Å². The Hall–Kier alpha value is -0.300. The van der Waals surface area contributed by atoms with Crippen LogP contribution in [0.3, 0.4) is 0 Å². The first-order valence-corrected chi connectivity index (χ1v) is 4.63. The Morgan fingerprint density at radius 2 is 2.09 bits per heavy atom. The molecule has 0 N–H and O–H groups in total. The van der Waals surface area contributed by atoms with E-state index in [2.05, 4.69) is 41.9 Å². The third kappa shape index (κ3) is 2.66. The number of benzene rings is 1. The summed E-state index contributed by atoms with van der Waals surface area (Å²) in [6, 6.07) is 6.31. The molecule has 0 fully saturated rings. The standard InChI is InChI=1S/C10H12Br/c1-3-4-9-5-8(2)6-10(11)7-9/h5-7H,2-4H2,1H3. The fourth-order valence-electron chi connectivity index (χ4n) is 1.15. The van der Waals surface area contributed by atoms with Crippen LogP contribution in [0.1, 0.15) is 24.5 Å². The molecule has 0 saturated heterocycles. The van der Waals surface area contributed by atoms with Crippen LogP contribution >= 0.6 is 15.9 Å². The van der Waals surface area contributed by atoms with Gasteiger partial charge in [-0.2, -0.15) is 0 Å². The first kappa shape index (κ1) is 8.79. The first-order chi connectivity index (χ1) is 5.22. The molecule has 1 aromatic carbocycles. The van der Waals surface area contributed by atoms with Crippen LogP contribution < -0.4 is 0 Å². The van der Waals surface area contributed by atoms with Crippen molar-refractivity contribution in [1.29, 1.82) is 0 Å². The maximum atomic E-state index is 3.89. The lowest BCUT2D eigenvalue weighted by molar-refractivity contribution is 0.920. The molecule has 1 radical (unpaired) electrons. The maximum absolute atomic E-state index is 3.89.